The molecule has 0 bridgehead atoms. The van der Waals surface area contributed by atoms with E-state index in [-0.39, 0.29) is 5.54 Å². The third-order valence-corrected chi connectivity index (χ3v) is 3.52. The molecule has 0 radical (unpaired) electrons. The van der Waals surface area contributed by atoms with E-state index in [4.69, 9.17) is 0 Å². The van der Waals surface area contributed by atoms with E-state index in [2.05, 4.69) is 51.4 Å². The zero-order chi connectivity index (χ0) is 11.5. The Morgan fingerprint density at radius 2 is 2.07 bits per heavy atom. The molecule has 0 aliphatic carbocycles. The molecule has 15 heavy (non-hydrogen) atoms. The van der Waals surface area contributed by atoms with E-state index in [1.807, 2.05) is 11.3 Å². The normalized spacial score (nSPS) is 14.2. The maximum atomic E-state index is 3.54. The van der Waals surface area contributed by atoms with E-state index < -0.39 is 0 Å². The molecule has 86 valence electrons. The second-order valence-electron chi connectivity index (χ2n) is 5.30. The number of hydrogen-bond donors (Lipinski definition) is 1. The minimum Gasteiger partial charge on any atom is -0.312 e. The SMILES string of the molecule is Cc1sccc1C(C)CCNC(C)(C)C. The van der Waals surface area contributed by atoms with Crippen molar-refractivity contribution in [3.05, 3.63) is 21.9 Å². The first-order valence-corrected chi connectivity index (χ1v) is 6.57. The highest BCUT2D eigenvalue weighted by molar-refractivity contribution is 7.10. The summed E-state index contributed by atoms with van der Waals surface area (Å²) >= 11 is 1.85. The molecular formula is C13H23NS. The Morgan fingerprint density at radius 3 is 2.53 bits per heavy atom. The van der Waals surface area contributed by atoms with Crippen molar-refractivity contribution in [1.82, 2.24) is 5.32 Å². The van der Waals surface area contributed by atoms with Crippen LogP contribution in [0.1, 0.15) is 50.5 Å². The molecule has 1 atom stereocenters. The Balaban J connectivity index is 2.37. The van der Waals surface area contributed by atoms with Gasteiger partial charge in [0.05, 0.1) is 0 Å². The molecule has 0 saturated carbocycles. The molecule has 1 nitrogen and oxygen atoms in total. The summed E-state index contributed by atoms with van der Waals surface area (Å²) in [5, 5.41) is 5.73. The van der Waals surface area contributed by atoms with Crippen LogP contribution in [-0.2, 0) is 0 Å². The molecule has 0 aliphatic heterocycles. The maximum absolute atomic E-state index is 3.54. The largest absolute Gasteiger partial charge is 0.312 e. The van der Waals surface area contributed by atoms with Crippen LogP contribution in [0.3, 0.4) is 0 Å². The van der Waals surface area contributed by atoms with Crippen molar-refractivity contribution >= 4 is 11.3 Å². The highest BCUT2D eigenvalue weighted by atomic mass is 32.1. The molecule has 0 saturated heterocycles. The molecule has 0 spiro atoms. The fourth-order valence-corrected chi connectivity index (χ4v) is 2.55. The minimum atomic E-state index is 0.239. The van der Waals surface area contributed by atoms with Crippen LogP contribution in [-0.4, -0.2) is 12.1 Å². The topological polar surface area (TPSA) is 12.0 Å². The zero-order valence-corrected chi connectivity index (χ0v) is 11.4. The van der Waals surface area contributed by atoms with E-state index >= 15 is 0 Å². The lowest BCUT2D eigenvalue weighted by molar-refractivity contribution is 0.413. The summed E-state index contributed by atoms with van der Waals surface area (Å²) in [6.45, 7) is 12.3. The van der Waals surface area contributed by atoms with Gasteiger partial charge in [0.2, 0.25) is 0 Å². The lowest BCUT2D eigenvalue weighted by Gasteiger charge is -2.22. The Hall–Kier alpha value is -0.340. The Labute approximate surface area is 97.9 Å². The molecule has 1 aromatic heterocycles. The van der Waals surface area contributed by atoms with Crippen LogP contribution in [0.4, 0.5) is 0 Å². The van der Waals surface area contributed by atoms with E-state index in [0.717, 1.165) is 6.54 Å². The first-order chi connectivity index (χ1) is 6.90. The van der Waals surface area contributed by atoms with Crippen molar-refractivity contribution in [3.63, 3.8) is 0 Å². The standard InChI is InChI=1S/C13H23NS/c1-10(6-8-14-13(3,4)5)12-7-9-15-11(12)2/h7,9-10,14H,6,8H2,1-5H3. The van der Waals surface area contributed by atoms with Crippen LogP contribution in [0, 0.1) is 6.92 Å². The Bertz CT molecular complexity index is 296. The van der Waals surface area contributed by atoms with Crippen LogP contribution in [0.25, 0.3) is 0 Å². The first-order valence-electron chi connectivity index (χ1n) is 5.69. The molecule has 0 aromatic carbocycles. The quantitative estimate of drug-likeness (QED) is 0.818. The summed E-state index contributed by atoms with van der Waals surface area (Å²) in [5.41, 5.74) is 1.76. The summed E-state index contributed by atoms with van der Waals surface area (Å²) < 4.78 is 0. The van der Waals surface area contributed by atoms with Gasteiger partial charge < -0.3 is 5.32 Å². The lowest BCUT2D eigenvalue weighted by atomic mass is 9.98. The number of nitrogens with one attached hydrogen (secondary N) is 1. The molecule has 0 amide bonds. The van der Waals surface area contributed by atoms with Crippen molar-refractivity contribution in [3.8, 4) is 0 Å². The third kappa shape index (κ3) is 4.35. The molecule has 2 heteroatoms. The Morgan fingerprint density at radius 1 is 1.40 bits per heavy atom. The van der Waals surface area contributed by atoms with Gasteiger partial charge in [-0.3, -0.25) is 0 Å². The molecule has 0 aliphatic rings. The van der Waals surface area contributed by atoms with Gasteiger partial charge in [-0.15, -0.1) is 11.3 Å². The van der Waals surface area contributed by atoms with Crippen molar-refractivity contribution in [1.29, 1.82) is 0 Å². The van der Waals surface area contributed by atoms with Gasteiger partial charge in [0.1, 0.15) is 0 Å². The lowest BCUT2D eigenvalue weighted by Crippen LogP contribution is -2.36. The molecule has 0 fully saturated rings. The second-order valence-corrected chi connectivity index (χ2v) is 6.42. The predicted molar refractivity (Wildman–Crippen MR) is 69.8 cm³/mol. The predicted octanol–water partition coefficient (Wildman–Crippen LogP) is 3.94. The third-order valence-electron chi connectivity index (χ3n) is 2.66. The minimum absolute atomic E-state index is 0.239. The van der Waals surface area contributed by atoms with Crippen molar-refractivity contribution in [2.45, 2.75) is 52.5 Å². The van der Waals surface area contributed by atoms with Crippen LogP contribution < -0.4 is 5.32 Å². The van der Waals surface area contributed by atoms with E-state index in [1.54, 1.807) is 0 Å². The summed E-state index contributed by atoms with van der Waals surface area (Å²) in [6.07, 6.45) is 1.22. The van der Waals surface area contributed by atoms with Crippen molar-refractivity contribution in [2.75, 3.05) is 6.54 Å². The average molecular weight is 225 g/mol. The van der Waals surface area contributed by atoms with Gasteiger partial charge in [-0.25, -0.2) is 0 Å². The molecule has 1 heterocycles. The summed E-state index contributed by atoms with van der Waals surface area (Å²) in [5.74, 6) is 0.672. The number of aryl methyl sites for hydroxylation is 1. The number of thiophene rings is 1. The zero-order valence-electron chi connectivity index (χ0n) is 10.6. The van der Waals surface area contributed by atoms with Gasteiger partial charge in [-0.1, -0.05) is 6.92 Å². The van der Waals surface area contributed by atoms with Gasteiger partial charge in [-0.2, -0.15) is 0 Å². The highest BCUT2D eigenvalue weighted by Crippen LogP contribution is 2.26. The average Bonchev–Trinajstić information content (AvgIpc) is 2.48. The van der Waals surface area contributed by atoms with Crippen LogP contribution >= 0.6 is 11.3 Å². The molecule has 1 unspecified atom stereocenters. The second kappa shape index (κ2) is 5.13. The summed E-state index contributed by atoms with van der Waals surface area (Å²) in [6, 6.07) is 2.27. The first kappa shape index (κ1) is 12.7. The van der Waals surface area contributed by atoms with E-state index in [0.29, 0.717) is 5.92 Å². The van der Waals surface area contributed by atoms with Crippen LogP contribution in [0.15, 0.2) is 11.4 Å². The molecule has 1 N–H and O–H groups in total. The number of rotatable bonds is 4. The number of hydrogen-bond acceptors (Lipinski definition) is 2. The summed E-state index contributed by atoms with van der Waals surface area (Å²) in [7, 11) is 0. The molecule has 1 aromatic rings. The van der Waals surface area contributed by atoms with E-state index in [9.17, 15) is 0 Å². The molecular weight excluding hydrogens is 202 g/mol. The monoisotopic (exact) mass is 225 g/mol. The van der Waals surface area contributed by atoms with Gasteiger partial charge in [0.15, 0.2) is 0 Å². The smallest absolute Gasteiger partial charge is 0.00965 e. The maximum Gasteiger partial charge on any atom is 0.00965 e. The van der Waals surface area contributed by atoms with Crippen molar-refractivity contribution in [2.24, 2.45) is 0 Å². The summed E-state index contributed by atoms with van der Waals surface area (Å²) in [4.78, 5) is 1.47. The van der Waals surface area contributed by atoms with Gasteiger partial charge in [0, 0.05) is 10.4 Å². The highest BCUT2D eigenvalue weighted by Gasteiger charge is 2.12. The molecule has 1 rings (SSSR count). The Kier molecular flexibility index (Phi) is 4.35. The van der Waals surface area contributed by atoms with Crippen molar-refractivity contribution < 1.29 is 0 Å². The van der Waals surface area contributed by atoms with Crippen LogP contribution in [0.5, 0.6) is 0 Å². The van der Waals surface area contributed by atoms with Gasteiger partial charge in [-0.05, 0) is 63.6 Å². The van der Waals surface area contributed by atoms with Crippen LogP contribution in [0.2, 0.25) is 0 Å². The van der Waals surface area contributed by atoms with Gasteiger partial charge in [0.25, 0.3) is 0 Å². The van der Waals surface area contributed by atoms with Gasteiger partial charge >= 0.3 is 0 Å². The fourth-order valence-electron chi connectivity index (χ4n) is 1.73. The van der Waals surface area contributed by atoms with E-state index in [1.165, 1.54) is 16.9 Å². The fraction of sp³-hybridized carbons (Fsp3) is 0.692.